The molecule has 0 fully saturated rings. The maximum Gasteiger partial charge on any atom is 0.251 e. The highest BCUT2D eigenvalue weighted by atomic mass is 28.4. The van der Waals surface area contributed by atoms with Gasteiger partial charge >= 0.3 is 0 Å². The number of hydrogen-bond acceptors (Lipinski definition) is 1. The van der Waals surface area contributed by atoms with Gasteiger partial charge in [-0.15, -0.1) is 0 Å². The minimum absolute atomic E-state index is 1.19. The minimum atomic E-state index is -1.66. The molecular formula is C23H40OSi. The van der Waals surface area contributed by atoms with Gasteiger partial charge in [-0.1, -0.05) is 71.8 Å². The van der Waals surface area contributed by atoms with E-state index in [2.05, 4.69) is 39.0 Å². The molecule has 0 aliphatic heterocycles. The molecule has 1 aromatic carbocycles. The highest BCUT2D eigenvalue weighted by Gasteiger charge is 2.35. The van der Waals surface area contributed by atoms with Gasteiger partial charge in [-0.05, 0) is 67.1 Å². The minimum Gasteiger partial charge on any atom is -0.543 e. The molecule has 0 radical (unpaired) electrons. The second-order valence-electron chi connectivity index (χ2n) is 8.09. The summed E-state index contributed by atoms with van der Waals surface area (Å²) in [5.41, 5.74) is 3.15. The molecule has 0 aromatic heterocycles. The zero-order valence-electron chi connectivity index (χ0n) is 17.0. The molecule has 0 saturated heterocycles. The molecule has 1 nitrogen and oxygen atoms in total. The summed E-state index contributed by atoms with van der Waals surface area (Å²) >= 11 is 0. The van der Waals surface area contributed by atoms with Crippen molar-refractivity contribution in [1.82, 2.24) is 0 Å². The molecule has 142 valence electrons. The van der Waals surface area contributed by atoms with Crippen molar-refractivity contribution in [2.24, 2.45) is 0 Å². The average molecular weight is 361 g/mol. The molecule has 0 unspecified atom stereocenters. The van der Waals surface area contributed by atoms with Crippen LogP contribution in [0.1, 0.15) is 89.7 Å². The van der Waals surface area contributed by atoms with Crippen LogP contribution in [0.2, 0.25) is 18.1 Å². The first-order valence-corrected chi connectivity index (χ1v) is 13.6. The van der Waals surface area contributed by atoms with Crippen LogP contribution in [0.5, 0.6) is 5.75 Å². The topological polar surface area (TPSA) is 9.23 Å². The van der Waals surface area contributed by atoms with Crippen molar-refractivity contribution in [2.75, 3.05) is 0 Å². The Morgan fingerprint density at radius 2 is 1.32 bits per heavy atom. The van der Waals surface area contributed by atoms with Crippen LogP contribution in [0.15, 0.2) is 18.2 Å². The van der Waals surface area contributed by atoms with Gasteiger partial charge in [-0.3, -0.25) is 0 Å². The van der Waals surface area contributed by atoms with Crippen molar-refractivity contribution < 1.29 is 4.43 Å². The van der Waals surface area contributed by atoms with Gasteiger partial charge in [0.25, 0.3) is 8.32 Å². The van der Waals surface area contributed by atoms with Crippen LogP contribution in [-0.2, 0) is 12.8 Å². The molecule has 1 aromatic rings. The molecule has 0 amide bonds. The van der Waals surface area contributed by atoms with Crippen molar-refractivity contribution in [3.63, 3.8) is 0 Å². The fourth-order valence-electron chi connectivity index (χ4n) is 4.23. The highest BCUT2D eigenvalue weighted by molar-refractivity contribution is 6.74. The lowest BCUT2D eigenvalue weighted by Gasteiger charge is -2.33. The standard InChI is InChI=1S/C23H40OSi/c1-4-7-17-25(18-8-5-2,19-9-6-3)24-23-16-15-21-13-11-10-12-14-22(21)20-23/h15-16,20H,4-14,17-19H2,1-3H3. The number of aryl methyl sites for hydroxylation is 2. The summed E-state index contributed by atoms with van der Waals surface area (Å²) in [5, 5.41) is 0. The molecular weight excluding hydrogens is 320 g/mol. The van der Waals surface area contributed by atoms with E-state index in [1.165, 1.54) is 94.5 Å². The first-order valence-electron chi connectivity index (χ1n) is 11.0. The van der Waals surface area contributed by atoms with Crippen LogP contribution < -0.4 is 4.43 Å². The van der Waals surface area contributed by atoms with Crippen LogP contribution in [0.25, 0.3) is 0 Å². The summed E-state index contributed by atoms with van der Waals surface area (Å²) in [4.78, 5) is 0. The van der Waals surface area contributed by atoms with E-state index in [-0.39, 0.29) is 0 Å². The van der Waals surface area contributed by atoms with E-state index < -0.39 is 8.32 Å². The van der Waals surface area contributed by atoms with Gasteiger partial charge < -0.3 is 4.43 Å². The van der Waals surface area contributed by atoms with Crippen molar-refractivity contribution >= 4 is 8.32 Å². The highest BCUT2D eigenvalue weighted by Crippen LogP contribution is 2.33. The molecule has 25 heavy (non-hydrogen) atoms. The quantitative estimate of drug-likeness (QED) is 0.290. The average Bonchev–Trinajstić information content (AvgIpc) is 2.87. The zero-order valence-corrected chi connectivity index (χ0v) is 18.0. The normalized spacial score (nSPS) is 14.8. The maximum absolute atomic E-state index is 6.95. The van der Waals surface area contributed by atoms with Crippen LogP contribution in [-0.4, -0.2) is 8.32 Å². The Labute approximate surface area is 157 Å². The van der Waals surface area contributed by atoms with Gasteiger partial charge in [0.05, 0.1) is 0 Å². The molecule has 1 aliphatic rings. The molecule has 0 atom stereocenters. The number of rotatable bonds is 11. The van der Waals surface area contributed by atoms with Crippen molar-refractivity contribution in [2.45, 2.75) is 110 Å². The monoisotopic (exact) mass is 360 g/mol. The Bertz CT molecular complexity index is 475. The zero-order chi connectivity index (χ0) is 18.0. The Morgan fingerprint density at radius 3 is 1.88 bits per heavy atom. The first kappa shape index (κ1) is 20.5. The Hall–Kier alpha value is -0.763. The summed E-state index contributed by atoms with van der Waals surface area (Å²) in [7, 11) is -1.66. The van der Waals surface area contributed by atoms with Crippen molar-refractivity contribution in [1.29, 1.82) is 0 Å². The third-order valence-electron chi connectivity index (χ3n) is 5.86. The Morgan fingerprint density at radius 1 is 0.760 bits per heavy atom. The van der Waals surface area contributed by atoms with Crippen LogP contribution in [0, 0.1) is 0 Å². The maximum atomic E-state index is 6.95. The van der Waals surface area contributed by atoms with Gasteiger partial charge in [-0.2, -0.15) is 0 Å². The van der Waals surface area contributed by atoms with E-state index >= 15 is 0 Å². The lowest BCUT2D eigenvalue weighted by molar-refractivity contribution is 0.510. The van der Waals surface area contributed by atoms with Crippen molar-refractivity contribution in [3.05, 3.63) is 29.3 Å². The summed E-state index contributed by atoms with van der Waals surface area (Å²) in [5.74, 6) is 1.19. The third-order valence-corrected chi connectivity index (χ3v) is 10.3. The molecule has 0 spiro atoms. The van der Waals surface area contributed by atoms with E-state index in [9.17, 15) is 0 Å². The number of unbranched alkanes of at least 4 members (excludes halogenated alkanes) is 3. The van der Waals surface area contributed by atoms with E-state index in [1.807, 2.05) is 0 Å². The lowest BCUT2D eigenvalue weighted by atomic mass is 10.0. The predicted octanol–water partition coefficient (Wildman–Crippen LogP) is 7.68. The van der Waals surface area contributed by atoms with Gasteiger partial charge in [-0.25, -0.2) is 0 Å². The SMILES string of the molecule is CCCC[Si](CCCC)(CCCC)Oc1ccc2c(c1)CCCCC2. The van der Waals surface area contributed by atoms with E-state index in [1.54, 1.807) is 11.1 Å². The number of benzene rings is 1. The summed E-state index contributed by atoms with van der Waals surface area (Å²) in [6.45, 7) is 6.96. The number of hydrogen-bond donors (Lipinski definition) is 0. The third kappa shape index (κ3) is 6.47. The predicted molar refractivity (Wildman–Crippen MR) is 113 cm³/mol. The molecule has 0 saturated carbocycles. The first-order chi connectivity index (χ1) is 12.2. The van der Waals surface area contributed by atoms with Crippen LogP contribution >= 0.6 is 0 Å². The Kier molecular flexibility index (Phi) is 9.09. The fraction of sp³-hybridized carbons (Fsp3) is 0.739. The summed E-state index contributed by atoms with van der Waals surface area (Å²) < 4.78 is 6.95. The van der Waals surface area contributed by atoms with Crippen LogP contribution in [0.3, 0.4) is 0 Å². The molecule has 0 bridgehead atoms. The second kappa shape index (κ2) is 11.1. The molecule has 2 rings (SSSR count). The summed E-state index contributed by atoms with van der Waals surface area (Å²) in [6, 6.07) is 11.1. The smallest absolute Gasteiger partial charge is 0.251 e. The van der Waals surface area contributed by atoms with Gasteiger partial charge in [0.1, 0.15) is 5.75 Å². The van der Waals surface area contributed by atoms with Gasteiger partial charge in [0.15, 0.2) is 0 Å². The number of fused-ring (bicyclic) bond motifs is 1. The van der Waals surface area contributed by atoms with E-state index in [0.717, 1.165) is 0 Å². The molecule has 0 N–H and O–H groups in total. The van der Waals surface area contributed by atoms with E-state index in [0.29, 0.717) is 0 Å². The van der Waals surface area contributed by atoms with E-state index in [4.69, 9.17) is 4.43 Å². The second-order valence-corrected chi connectivity index (χ2v) is 12.2. The fourth-order valence-corrected chi connectivity index (χ4v) is 8.90. The lowest BCUT2D eigenvalue weighted by Crippen LogP contribution is -2.41. The Balaban J connectivity index is 2.19. The largest absolute Gasteiger partial charge is 0.543 e. The summed E-state index contributed by atoms with van der Waals surface area (Å²) in [6.07, 6.45) is 14.5. The molecule has 0 heterocycles. The van der Waals surface area contributed by atoms with Crippen molar-refractivity contribution in [3.8, 4) is 5.75 Å². The van der Waals surface area contributed by atoms with Crippen LogP contribution in [0.4, 0.5) is 0 Å². The van der Waals surface area contributed by atoms with Gasteiger partial charge in [0.2, 0.25) is 0 Å². The molecule has 1 aliphatic carbocycles. The van der Waals surface area contributed by atoms with Gasteiger partial charge in [0, 0.05) is 0 Å². The molecule has 2 heteroatoms.